The normalized spacial score (nSPS) is 17.2. The Balaban J connectivity index is 1.25. The van der Waals surface area contributed by atoms with E-state index in [2.05, 4.69) is 10.2 Å². The van der Waals surface area contributed by atoms with Crippen LogP contribution in [-0.4, -0.2) is 51.3 Å². The Bertz CT molecular complexity index is 1440. The molecular formula is C27H25Cl2N3O4S2. The summed E-state index contributed by atoms with van der Waals surface area (Å²) in [7, 11) is 0. The van der Waals surface area contributed by atoms with Gasteiger partial charge in [-0.05, 0) is 43.0 Å². The van der Waals surface area contributed by atoms with E-state index in [1.807, 2.05) is 40.7 Å². The molecule has 3 aromatic rings. The molecule has 1 saturated heterocycles. The number of thiophene rings is 1. The van der Waals surface area contributed by atoms with Gasteiger partial charge in [0.2, 0.25) is 5.91 Å². The van der Waals surface area contributed by atoms with Crippen LogP contribution in [0.2, 0.25) is 10.0 Å². The van der Waals surface area contributed by atoms with E-state index in [0.717, 1.165) is 27.8 Å². The second-order valence-corrected chi connectivity index (χ2v) is 12.0. The number of aliphatic carboxylic acids is 1. The summed E-state index contributed by atoms with van der Waals surface area (Å²) >= 11 is 16.2. The van der Waals surface area contributed by atoms with Gasteiger partial charge in [0.15, 0.2) is 0 Å². The lowest BCUT2D eigenvalue weighted by molar-refractivity contribution is -0.137. The standard InChI is InChI=1S/C27H25Cl2N3O4S2/c28-20-12-22(30-27(36)19-14-37-23-5-2-1-4-18(19)23)21(29)10-16(20)11-25(33)32-9-3-6-24(32)31-13-17(38-15-31)7-8-26(34)35/h1-2,4-5,10,12-14,24H,3,6-9,11,15H2,(H,30,36)(H,34,35). The van der Waals surface area contributed by atoms with Crippen molar-refractivity contribution in [1.29, 1.82) is 0 Å². The van der Waals surface area contributed by atoms with Gasteiger partial charge in [0.05, 0.1) is 28.6 Å². The lowest BCUT2D eigenvalue weighted by Gasteiger charge is -2.32. The number of hydrogen-bond acceptors (Lipinski definition) is 6. The highest BCUT2D eigenvalue weighted by Gasteiger charge is 2.34. The van der Waals surface area contributed by atoms with Gasteiger partial charge in [0.1, 0.15) is 6.17 Å². The number of anilines is 1. The number of amides is 2. The number of carbonyl (C=O) groups is 3. The Kier molecular flexibility index (Phi) is 8.18. The van der Waals surface area contributed by atoms with Crippen LogP contribution in [0.25, 0.3) is 10.1 Å². The van der Waals surface area contributed by atoms with Crippen LogP contribution >= 0.6 is 46.3 Å². The molecule has 198 valence electrons. The highest BCUT2D eigenvalue weighted by Crippen LogP contribution is 2.35. The third kappa shape index (κ3) is 5.81. The zero-order valence-corrected chi connectivity index (χ0v) is 23.4. The number of rotatable bonds is 8. The molecule has 11 heteroatoms. The molecule has 1 unspecified atom stereocenters. The van der Waals surface area contributed by atoms with E-state index in [1.165, 1.54) is 11.3 Å². The zero-order valence-electron chi connectivity index (χ0n) is 20.3. The van der Waals surface area contributed by atoms with Gasteiger partial charge in [0, 0.05) is 44.6 Å². The molecule has 1 fully saturated rings. The van der Waals surface area contributed by atoms with Crippen molar-refractivity contribution in [2.24, 2.45) is 0 Å². The molecule has 0 spiro atoms. The number of fused-ring (bicyclic) bond motifs is 1. The first kappa shape index (κ1) is 26.9. The minimum absolute atomic E-state index is 0.0515. The lowest BCUT2D eigenvalue weighted by Crippen LogP contribution is -2.44. The molecule has 0 saturated carbocycles. The Hall–Kier alpha value is -2.72. The summed E-state index contributed by atoms with van der Waals surface area (Å²) in [6, 6.07) is 10.9. The van der Waals surface area contributed by atoms with Crippen molar-refractivity contribution in [3.8, 4) is 0 Å². The summed E-state index contributed by atoms with van der Waals surface area (Å²) < 4.78 is 1.02. The molecule has 1 atom stereocenters. The van der Waals surface area contributed by atoms with Crippen LogP contribution in [0.15, 0.2) is 52.9 Å². The maximum Gasteiger partial charge on any atom is 0.303 e. The molecule has 3 heterocycles. The molecule has 1 aromatic heterocycles. The molecule has 0 aliphatic carbocycles. The highest BCUT2D eigenvalue weighted by molar-refractivity contribution is 8.03. The minimum Gasteiger partial charge on any atom is -0.481 e. The first-order valence-electron chi connectivity index (χ1n) is 12.2. The first-order chi connectivity index (χ1) is 18.3. The highest BCUT2D eigenvalue weighted by atomic mass is 35.5. The van der Waals surface area contributed by atoms with E-state index < -0.39 is 5.97 Å². The number of benzene rings is 2. The van der Waals surface area contributed by atoms with E-state index in [-0.39, 0.29) is 30.8 Å². The summed E-state index contributed by atoms with van der Waals surface area (Å²) in [4.78, 5) is 42.1. The van der Waals surface area contributed by atoms with Gasteiger partial charge < -0.3 is 20.2 Å². The van der Waals surface area contributed by atoms with Gasteiger partial charge in [-0.1, -0.05) is 41.4 Å². The first-order valence-corrected chi connectivity index (χ1v) is 14.8. The van der Waals surface area contributed by atoms with Crippen molar-refractivity contribution in [3.05, 3.63) is 74.1 Å². The largest absolute Gasteiger partial charge is 0.481 e. The Morgan fingerprint density at radius 3 is 2.76 bits per heavy atom. The summed E-state index contributed by atoms with van der Waals surface area (Å²) in [5, 5.41) is 15.2. The zero-order chi connectivity index (χ0) is 26.8. The van der Waals surface area contributed by atoms with Gasteiger partial charge >= 0.3 is 5.97 Å². The summed E-state index contributed by atoms with van der Waals surface area (Å²) in [5.41, 5.74) is 1.55. The number of nitrogens with zero attached hydrogens (tertiary/aromatic N) is 2. The van der Waals surface area contributed by atoms with Crippen LogP contribution in [0, 0.1) is 0 Å². The number of hydrogen-bond donors (Lipinski definition) is 2. The number of thioether (sulfide) groups is 1. The average Bonchev–Trinajstić information content (AvgIpc) is 3.64. The fourth-order valence-electron chi connectivity index (χ4n) is 4.77. The predicted octanol–water partition coefficient (Wildman–Crippen LogP) is 6.66. The minimum atomic E-state index is -0.816. The second kappa shape index (κ2) is 11.6. The Morgan fingerprint density at radius 1 is 1.13 bits per heavy atom. The third-order valence-electron chi connectivity index (χ3n) is 6.67. The van der Waals surface area contributed by atoms with Crippen LogP contribution < -0.4 is 5.32 Å². The number of carboxylic acids is 1. The third-order valence-corrected chi connectivity index (χ3v) is 9.41. The molecule has 2 aromatic carbocycles. The lowest BCUT2D eigenvalue weighted by atomic mass is 10.1. The van der Waals surface area contributed by atoms with Crippen LogP contribution in [0.4, 0.5) is 5.69 Å². The van der Waals surface area contributed by atoms with E-state index in [9.17, 15) is 14.4 Å². The number of halogens is 2. The van der Waals surface area contributed by atoms with Crippen molar-refractivity contribution in [2.45, 2.75) is 38.3 Å². The van der Waals surface area contributed by atoms with E-state index in [4.69, 9.17) is 28.3 Å². The quantitative estimate of drug-likeness (QED) is 0.305. The molecule has 2 aliphatic rings. The van der Waals surface area contributed by atoms with Crippen LogP contribution in [0.5, 0.6) is 0 Å². The van der Waals surface area contributed by atoms with Crippen LogP contribution in [0.3, 0.4) is 0 Å². The summed E-state index contributed by atoms with van der Waals surface area (Å²) in [6.07, 6.45) is 4.36. The maximum absolute atomic E-state index is 13.3. The fraction of sp³-hybridized carbons (Fsp3) is 0.296. The second-order valence-electron chi connectivity index (χ2n) is 9.19. The van der Waals surface area contributed by atoms with Crippen molar-refractivity contribution < 1.29 is 19.5 Å². The van der Waals surface area contributed by atoms with Crippen molar-refractivity contribution >= 4 is 79.9 Å². The average molecular weight is 591 g/mol. The molecule has 0 bridgehead atoms. The molecule has 5 rings (SSSR count). The molecule has 38 heavy (non-hydrogen) atoms. The van der Waals surface area contributed by atoms with Crippen LogP contribution in [0.1, 0.15) is 41.6 Å². The van der Waals surface area contributed by atoms with Gasteiger partial charge in [-0.25, -0.2) is 0 Å². The molecular weight excluding hydrogens is 565 g/mol. The van der Waals surface area contributed by atoms with E-state index in [0.29, 0.717) is 45.7 Å². The van der Waals surface area contributed by atoms with Crippen molar-refractivity contribution in [1.82, 2.24) is 9.80 Å². The summed E-state index contributed by atoms with van der Waals surface area (Å²) in [5.74, 6) is -0.444. The summed E-state index contributed by atoms with van der Waals surface area (Å²) in [6.45, 7) is 0.650. The number of likely N-dealkylation sites (tertiary alicyclic amines) is 1. The van der Waals surface area contributed by atoms with Crippen molar-refractivity contribution in [2.75, 3.05) is 17.7 Å². The molecule has 7 nitrogen and oxygen atoms in total. The van der Waals surface area contributed by atoms with Gasteiger partial charge in [-0.3, -0.25) is 14.4 Å². The Labute approximate surface area is 238 Å². The molecule has 2 N–H and O–H groups in total. The van der Waals surface area contributed by atoms with Gasteiger partial charge in [-0.15, -0.1) is 23.1 Å². The molecule has 2 aliphatic heterocycles. The molecule has 0 radical (unpaired) electrons. The topological polar surface area (TPSA) is 89.9 Å². The maximum atomic E-state index is 13.3. The number of carbonyl (C=O) groups excluding carboxylic acids is 2. The SMILES string of the molecule is O=C(O)CCC1=CN(C2CCCN2C(=O)Cc2cc(Cl)c(NC(=O)c3csc4ccccc34)cc2Cl)CS1. The predicted molar refractivity (Wildman–Crippen MR) is 154 cm³/mol. The van der Waals surface area contributed by atoms with Crippen molar-refractivity contribution in [3.63, 3.8) is 0 Å². The van der Waals surface area contributed by atoms with Gasteiger partial charge in [-0.2, -0.15) is 0 Å². The van der Waals surface area contributed by atoms with Gasteiger partial charge in [0.25, 0.3) is 5.91 Å². The number of nitrogens with one attached hydrogen (secondary N) is 1. The number of carboxylic acid groups (broad SMARTS) is 1. The number of allylic oxidation sites excluding steroid dienone is 1. The molecule has 2 amide bonds. The fourth-order valence-corrected chi connectivity index (χ4v) is 7.19. The smallest absolute Gasteiger partial charge is 0.303 e. The Morgan fingerprint density at radius 2 is 1.95 bits per heavy atom. The van der Waals surface area contributed by atoms with E-state index in [1.54, 1.807) is 23.9 Å². The van der Waals surface area contributed by atoms with Crippen LogP contribution in [-0.2, 0) is 16.0 Å². The van der Waals surface area contributed by atoms with E-state index >= 15 is 0 Å². The monoisotopic (exact) mass is 589 g/mol.